The third kappa shape index (κ3) is 2.94. The van der Waals surface area contributed by atoms with Gasteiger partial charge in [-0.1, -0.05) is 18.5 Å². The molecule has 2 rings (SSSR count). The minimum absolute atomic E-state index is 0.180. The third-order valence-corrected chi connectivity index (χ3v) is 4.10. The quantitative estimate of drug-likeness (QED) is 0.864. The fraction of sp³-hybridized carbons (Fsp3) is 0.636. The van der Waals surface area contributed by atoms with Gasteiger partial charge in [-0.05, 0) is 25.0 Å². The van der Waals surface area contributed by atoms with Crippen LogP contribution in [0.4, 0.5) is 0 Å². The Labute approximate surface area is 99.6 Å². The summed E-state index contributed by atoms with van der Waals surface area (Å²) in [7, 11) is 0. The molecule has 15 heavy (non-hydrogen) atoms. The van der Waals surface area contributed by atoms with Gasteiger partial charge in [0.25, 0.3) is 0 Å². The van der Waals surface area contributed by atoms with Gasteiger partial charge in [-0.25, -0.2) is 0 Å². The van der Waals surface area contributed by atoms with Crippen LogP contribution in [-0.2, 0) is 4.74 Å². The SMILES string of the molecule is CCC1CCOC(c2ccc(Cl)s2)CN1. The number of hydrogen-bond donors (Lipinski definition) is 1. The van der Waals surface area contributed by atoms with Crippen LogP contribution in [0.25, 0.3) is 0 Å². The van der Waals surface area contributed by atoms with Gasteiger partial charge >= 0.3 is 0 Å². The Morgan fingerprint density at radius 2 is 2.47 bits per heavy atom. The zero-order valence-corrected chi connectivity index (χ0v) is 10.4. The van der Waals surface area contributed by atoms with Gasteiger partial charge in [-0.3, -0.25) is 0 Å². The Morgan fingerprint density at radius 1 is 1.60 bits per heavy atom. The molecule has 0 aliphatic carbocycles. The molecule has 1 aromatic rings. The predicted molar refractivity (Wildman–Crippen MR) is 64.7 cm³/mol. The zero-order valence-electron chi connectivity index (χ0n) is 8.83. The van der Waals surface area contributed by atoms with Gasteiger partial charge in [0.1, 0.15) is 6.10 Å². The van der Waals surface area contributed by atoms with Crippen LogP contribution in [0.2, 0.25) is 4.34 Å². The van der Waals surface area contributed by atoms with Crippen molar-refractivity contribution >= 4 is 22.9 Å². The van der Waals surface area contributed by atoms with Crippen molar-refractivity contribution in [1.29, 1.82) is 0 Å². The summed E-state index contributed by atoms with van der Waals surface area (Å²) in [5.41, 5.74) is 0. The summed E-state index contributed by atoms with van der Waals surface area (Å²) in [4.78, 5) is 1.23. The monoisotopic (exact) mass is 245 g/mol. The summed E-state index contributed by atoms with van der Waals surface area (Å²) in [6.07, 6.45) is 2.45. The van der Waals surface area contributed by atoms with Crippen molar-refractivity contribution < 1.29 is 4.74 Å². The highest BCUT2D eigenvalue weighted by atomic mass is 35.5. The smallest absolute Gasteiger partial charge is 0.104 e. The number of hydrogen-bond acceptors (Lipinski definition) is 3. The van der Waals surface area contributed by atoms with Crippen LogP contribution < -0.4 is 5.32 Å². The average Bonchev–Trinajstić information content (AvgIpc) is 2.54. The van der Waals surface area contributed by atoms with Crippen LogP contribution in [-0.4, -0.2) is 19.2 Å². The fourth-order valence-corrected chi connectivity index (χ4v) is 2.93. The molecular weight excluding hydrogens is 230 g/mol. The molecule has 0 saturated carbocycles. The Balaban J connectivity index is 1.99. The van der Waals surface area contributed by atoms with Crippen molar-refractivity contribution in [1.82, 2.24) is 5.32 Å². The standard InChI is InChI=1S/C11H16ClNOS/c1-2-8-5-6-14-9(7-13-8)10-3-4-11(12)15-10/h3-4,8-9,13H,2,5-7H2,1H3. The summed E-state index contributed by atoms with van der Waals surface area (Å²) in [6, 6.07) is 4.60. The first-order chi connectivity index (χ1) is 7.29. The van der Waals surface area contributed by atoms with E-state index in [9.17, 15) is 0 Å². The second kappa shape index (κ2) is 5.30. The maximum Gasteiger partial charge on any atom is 0.104 e. The lowest BCUT2D eigenvalue weighted by molar-refractivity contribution is 0.0688. The minimum Gasteiger partial charge on any atom is -0.371 e. The van der Waals surface area contributed by atoms with Crippen LogP contribution in [0.3, 0.4) is 0 Å². The van der Waals surface area contributed by atoms with Crippen molar-refractivity contribution in [3.63, 3.8) is 0 Å². The van der Waals surface area contributed by atoms with E-state index >= 15 is 0 Å². The van der Waals surface area contributed by atoms with E-state index in [0.717, 1.165) is 23.9 Å². The first-order valence-corrected chi connectivity index (χ1v) is 6.59. The van der Waals surface area contributed by atoms with Crippen molar-refractivity contribution in [2.75, 3.05) is 13.2 Å². The van der Waals surface area contributed by atoms with Crippen LogP contribution >= 0.6 is 22.9 Å². The highest BCUT2D eigenvalue weighted by Gasteiger charge is 2.20. The summed E-state index contributed by atoms with van der Waals surface area (Å²) in [5.74, 6) is 0. The molecule has 0 amide bonds. The van der Waals surface area contributed by atoms with E-state index in [1.54, 1.807) is 11.3 Å². The molecule has 0 aromatic carbocycles. The third-order valence-electron chi connectivity index (χ3n) is 2.78. The summed E-state index contributed by atoms with van der Waals surface area (Å²) in [5, 5.41) is 3.53. The summed E-state index contributed by atoms with van der Waals surface area (Å²) in [6.45, 7) is 3.95. The number of halogens is 1. The molecule has 0 radical (unpaired) electrons. The molecule has 1 N–H and O–H groups in total. The van der Waals surface area contributed by atoms with Crippen molar-refractivity contribution in [2.24, 2.45) is 0 Å². The van der Waals surface area contributed by atoms with Crippen molar-refractivity contribution in [3.8, 4) is 0 Å². The van der Waals surface area contributed by atoms with Gasteiger partial charge in [0, 0.05) is 24.1 Å². The fourth-order valence-electron chi connectivity index (χ4n) is 1.82. The van der Waals surface area contributed by atoms with Gasteiger partial charge < -0.3 is 10.1 Å². The largest absolute Gasteiger partial charge is 0.371 e. The van der Waals surface area contributed by atoms with E-state index < -0.39 is 0 Å². The van der Waals surface area contributed by atoms with E-state index in [1.165, 1.54) is 11.3 Å². The zero-order chi connectivity index (χ0) is 10.7. The van der Waals surface area contributed by atoms with Crippen molar-refractivity contribution in [2.45, 2.75) is 31.9 Å². The molecule has 0 bridgehead atoms. The Morgan fingerprint density at radius 3 is 3.13 bits per heavy atom. The normalized spacial score (nSPS) is 27.6. The van der Waals surface area contributed by atoms with E-state index in [-0.39, 0.29) is 6.10 Å². The van der Waals surface area contributed by atoms with Crippen LogP contribution in [0, 0.1) is 0 Å². The molecule has 2 nitrogen and oxygen atoms in total. The van der Waals surface area contributed by atoms with E-state index in [0.29, 0.717) is 6.04 Å². The number of ether oxygens (including phenoxy) is 1. The molecular formula is C11H16ClNOS. The van der Waals surface area contributed by atoms with Gasteiger partial charge in [-0.2, -0.15) is 0 Å². The first-order valence-electron chi connectivity index (χ1n) is 5.40. The van der Waals surface area contributed by atoms with Gasteiger partial charge in [0.05, 0.1) is 4.34 Å². The second-order valence-electron chi connectivity index (χ2n) is 3.80. The lowest BCUT2D eigenvalue weighted by atomic mass is 10.1. The lowest BCUT2D eigenvalue weighted by Gasteiger charge is -2.14. The Bertz CT molecular complexity index is 315. The molecule has 1 saturated heterocycles. The highest BCUT2D eigenvalue weighted by Crippen LogP contribution is 2.29. The van der Waals surface area contributed by atoms with Gasteiger partial charge in [0.15, 0.2) is 0 Å². The Hall–Kier alpha value is -0.0900. The molecule has 2 atom stereocenters. The molecule has 1 aliphatic rings. The molecule has 1 aliphatic heterocycles. The molecule has 84 valence electrons. The molecule has 1 fully saturated rings. The number of nitrogens with one attached hydrogen (secondary N) is 1. The van der Waals surface area contributed by atoms with E-state index in [4.69, 9.17) is 16.3 Å². The molecule has 0 spiro atoms. The number of rotatable bonds is 2. The first kappa shape index (κ1) is 11.4. The van der Waals surface area contributed by atoms with Crippen LogP contribution in [0.5, 0.6) is 0 Å². The van der Waals surface area contributed by atoms with E-state index in [1.807, 2.05) is 6.07 Å². The highest BCUT2D eigenvalue weighted by molar-refractivity contribution is 7.16. The lowest BCUT2D eigenvalue weighted by Crippen LogP contribution is -2.29. The molecule has 2 heterocycles. The maximum absolute atomic E-state index is 5.92. The van der Waals surface area contributed by atoms with E-state index in [2.05, 4.69) is 18.3 Å². The van der Waals surface area contributed by atoms with Gasteiger partial charge in [-0.15, -0.1) is 11.3 Å². The maximum atomic E-state index is 5.92. The van der Waals surface area contributed by atoms with Gasteiger partial charge in [0.2, 0.25) is 0 Å². The topological polar surface area (TPSA) is 21.3 Å². The Kier molecular flexibility index (Phi) is 4.03. The molecule has 2 unspecified atom stereocenters. The molecule has 1 aromatic heterocycles. The minimum atomic E-state index is 0.180. The van der Waals surface area contributed by atoms with Crippen LogP contribution in [0.1, 0.15) is 30.7 Å². The average molecular weight is 246 g/mol. The predicted octanol–water partition coefficient (Wildman–Crippen LogP) is 3.23. The summed E-state index contributed by atoms with van der Waals surface area (Å²) < 4.78 is 6.66. The second-order valence-corrected chi connectivity index (χ2v) is 5.55. The van der Waals surface area contributed by atoms with Crippen LogP contribution in [0.15, 0.2) is 12.1 Å². The van der Waals surface area contributed by atoms with Crippen molar-refractivity contribution in [3.05, 3.63) is 21.3 Å². The summed E-state index contributed by atoms with van der Waals surface area (Å²) >= 11 is 7.53. The molecule has 4 heteroatoms. The number of thiophene rings is 1.